The molecule has 0 aliphatic carbocycles. The summed E-state index contributed by atoms with van der Waals surface area (Å²) in [6, 6.07) is 54.9. The van der Waals surface area contributed by atoms with Gasteiger partial charge in [0.05, 0.1) is 45.0 Å². The number of aryl methyl sites for hydroxylation is 10. The van der Waals surface area contributed by atoms with E-state index in [0.717, 1.165) is 73.0 Å². The van der Waals surface area contributed by atoms with E-state index in [-0.39, 0.29) is 18.1 Å². The highest BCUT2D eigenvalue weighted by Crippen LogP contribution is 2.28. The van der Waals surface area contributed by atoms with E-state index in [9.17, 15) is 0 Å². The van der Waals surface area contributed by atoms with E-state index in [4.69, 9.17) is 27.4 Å². The van der Waals surface area contributed by atoms with Crippen LogP contribution in [0.4, 0.5) is 0 Å². The number of benzene rings is 4. The summed E-state index contributed by atoms with van der Waals surface area (Å²) < 4.78 is 160. The van der Waals surface area contributed by atoms with Crippen molar-refractivity contribution in [3.8, 4) is 90.1 Å². The standard InChI is InChI=1S/C21H24N3.C20H22N3.C19H20N3.C18H18N3/c1-15(2)13-21-22-12-11-19(23-21)17-9-10-20(24(4)14-17)18-8-6-5-7-16(18)3;1-14(2)20-21-12-11-18(22-20)16-9-10-19(23(4)13-16)17-8-6-5-7-15(17)3;1-4-19-20-12-11-17(21-19)15-9-10-18(22(3)13-15)16-8-6-5-7-14(16)2;1-13-6-4-5-7-16(13)18-9-8-15(12-21(18)3)17-10-11-19-14(2)20-17/h5-12,14-15H,13H2,1-4H3;5-14H,1-4H3;5-13H,4H2,1-3H3;4-12H,1-3H3/q4*+1/i1D3,2D3,15D;1D3,2D3,14D;1D3;2D3. The Labute approximate surface area is 560 Å². The molecule has 0 aliphatic rings. The Hall–Kier alpha value is -10.2. The van der Waals surface area contributed by atoms with Crippen LogP contribution in [-0.4, -0.2) is 39.9 Å². The molecule has 8 heterocycles. The Morgan fingerprint density at radius 3 is 1.10 bits per heavy atom. The molecule has 0 fully saturated rings. The summed E-state index contributed by atoms with van der Waals surface area (Å²) in [5, 5.41) is 0. The van der Waals surface area contributed by atoms with Gasteiger partial charge in [-0.15, -0.1) is 0 Å². The first kappa shape index (κ1) is 42.6. The van der Waals surface area contributed by atoms with Gasteiger partial charge in [0.2, 0.25) is 22.8 Å². The smallest absolute Gasteiger partial charge is 0.212 e. The topological polar surface area (TPSA) is 119 Å². The van der Waals surface area contributed by atoms with E-state index >= 15 is 0 Å². The van der Waals surface area contributed by atoms with Crippen LogP contribution in [0.2, 0.25) is 0 Å². The van der Waals surface area contributed by atoms with Gasteiger partial charge in [-0.25, -0.2) is 58.1 Å². The lowest BCUT2D eigenvalue weighted by atomic mass is 10.0. The minimum Gasteiger partial charge on any atom is -0.242 e. The van der Waals surface area contributed by atoms with Gasteiger partial charge in [0.1, 0.15) is 51.5 Å². The first-order valence-corrected chi connectivity index (χ1v) is 28.9. The maximum Gasteiger partial charge on any atom is 0.212 e. The van der Waals surface area contributed by atoms with Crippen molar-refractivity contribution in [3.05, 3.63) is 265 Å². The molecule has 0 bridgehead atoms. The molecule has 0 saturated heterocycles. The Bertz CT molecular complexity index is 5220. The third kappa shape index (κ3) is 16.3. The van der Waals surface area contributed by atoms with E-state index in [1.54, 1.807) is 30.5 Å². The van der Waals surface area contributed by atoms with Crippen molar-refractivity contribution in [1.29, 1.82) is 0 Å². The zero-order chi connectivity index (χ0) is 80.7. The first-order valence-electron chi connectivity index (χ1n) is 38.9. The number of pyridine rings is 4. The fraction of sp³-hybridized carbons (Fsp3) is 0.231. The highest BCUT2D eigenvalue weighted by Gasteiger charge is 2.19. The number of aromatic nitrogens is 12. The molecule has 0 unspecified atom stereocenters. The predicted octanol–water partition coefficient (Wildman–Crippen LogP) is 15.0. The van der Waals surface area contributed by atoms with Crippen LogP contribution < -0.4 is 18.3 Å². The van der Waals surface area contributed by atoms with Gasteiger partial charge in [0, 0.05) is 117 Å². The highest BCUT2D eigenvalue weighted by atomic mass is 15.0. The monoisotopic (exact) mass is 1210 g/mol. The van der Waals surface area contributed by atoms with Crippen LogP contribution >= 0.6 is 0 Å². The van der Waals surface area contributed by atoms with Gasteiger partial charge in [-0.1, -0.05) is 107 Å². The molecule has 452 valence electrons. The van der Waals surface area contributed by atoms with Gasteiger partial charge in [0.15, 0.2) is 24.8 Å². The zero-order valence-electron chi connectivity index (χ0n) is 71.6. The Morgan fingerprint density at radius 1 is 0.378 bits per heavy atom. The highest BCUT2D eigenvalue weighted by molar-refractivity contribution is 5.68. The van der Waals surface area contributed by atoms with Gasteiger partial charge in [-0.3, -0.25) is 0 Å². The van der Waals surface area contributed by atoms with Gasteiger partial charge in [-0.05, 0) is 135 Å². The van der Waals surface area contributed by atoms with Gasteiger partial charge < -0.3 is 0 Å². The fourth-order valence-electron chi connectivity index (χ4n) is 10.2. The van der Waals surface area contributed by atoms with Crippen molar-refractivity contribution in [2.75, 3.05) is 0 Å². The largest absolute Gasteiger partial charge is 0.242 e. The summed E-state index contributed by atoms with van der Waals surface area (Å²) in [5.74, 6) is -5.97. The number of nitrogens with zero attached hydrogens (tertiary/aromatic N) is 12. The number of rotatable bonds is 12. The zero-order valence-corrected chi connectivity index (χ0v) is 51.6. The number of hydrogen-bond donors (Lipinski definition) is 0. The normalized spacial score (nSPS) is 15.2. The van der Waals surface area contributed by atoms with Crippen molar-refractivity contribution in [3.63, 3.8) is 0 Å². The summed E-state index contributed by atoms with van der Waals surface area (Å²) in [4.78, 5) is 33.0. The van der Waals surface area contributed by atoms with Crippen molar-refractivity contribution in [1.82, 2.24) is 39.9 Å². The second-order valence-corrected chi connectivity index (χ2v) is 21.4. The third-order valence-corrected chi connectivity index (χ3v) is 14.8. The van der Waals surface area contributed by atoms with E-state index in [1.807, 2.05) is 196 Å². The summed E-state index contributed by atoms with van der Waals surface area (Å²) in [6.07, 6.45) is 12.8. The van der Waals surface area contributed by atoms with Crippen LogP contribution in [0.3, 0.4) is 0 Å². The molecule has 4 aromatic carbocycles. The molecule has 90 heavy (non-hydrogen) atoms. The van der Waals surface area contributed by atoms with Crippen LogP contribution in [0.15, 0.2) is 219 Å². The molecule has 0 atom stereocenters. The molecule has 0 spiro atoms. The molecule has 12 rings (SSSR count). The molecule has 12 aromatic rings. The quantitative estimate of drug-likeness (QED) is 0.111. The third-order valence-electron chi connectivity index (χ3n) is 14.8. The minimum absolute atomic E-state index is 0.00498. The average Bonchev–Trinajstić information content (AvgIpc) is 0.742. The van der Waals surface area contributed by atoms with E-state index in [0.29, 0.717) is 28.5 Å². The van der Waals surface area contributed by atoms with Crippen molar-refractivity contribution >= 4 is 0 Å². The second-order valence-electron chi connectivity index (χ2n) is 21.4. The average molecular weight is 1210 g/mol. The van der Waals surface area contributed by atoms with Crippen LogP contribution in [-0.2, 0) is 41.0 Å². The van der Waals surface area contributed by atoms with Crippen LogP contribution in [0.5, 0.6) is 0 Å². The molecule has 12 nitrogen and oxygen atoms in total. The fourth-order valence-corrected chi connectivity index (χ4v) is 10.2. The van der Waals surface area contributed by atoms with E-state index < -0.39 is 65.1 Å². The molecule has 0 aliphatic heterocycles. The Kier molecular flexibility index (Phi) is 14.3. The lowest BCUT2D eigenvalue weighted by Crippen LogP contribution is -2.31. The second kappa shape index (κ2) is 30.1. The molecule has 0 N–H and O–H groups in total. The summed E-state index contributed by atoms with van der Waals surface area (Å²) in [5.41, 5.74) is 18.8. The molecule has 8 aromatic heterocycles. The van der Waals surface area contributed by atoms with Gasteiger partial charge in [-0.2, -0.15) is 0 Å². The van der Waals surface area contributed by atoms with Crippen molar-refractivity contribution in [2.45, 2.75) is 87.5 Å². The summed E-state index contributed by atoms with van der Waals surface area (Å²) in [6.45, 7) is -8.42. The van der Waals surface area contributed by atoms with Crippen molar-refractivity contribution in [2.24, 2.45) is 34.1 Å². The molecule has 0 radical (unpaired) electrons. The Morgan fingerprint density at radius 2 is 0.733 bits per heavy atom. The van der Waals surface area contributed by atoms with Gasteiger partial charge >= 0.3 is 0 Å². The summed E-state index contributed by atoms with van der Waals surface area (Å²) in [7, 11) is 7.77. The van der Waals surface area contributed by atoms with Crippen molar-refractivity contribution < 1.29 is 45.7 Å². The maximum absolute atomic E-state index is 8.28. The van der Waals surface area contributed by atoms with Crippen LogP contribution in [0.25, 0.3) is 90.1 Å². The molecular weight excluding hydrogens is 1100 g/mol. The molecule has 12 heteroatoms. The maximum atomic E-state index is 8.28. The predicted molar refractivity (Wildman–Crippen MR) is 362 cm³/mol. The molecular formula is C78H84N12+4. The van der Waals surface area contributed by atoms with E-state index in [2.05, 4.69) is 88.6 Å². The molecule has 0 saturated carbocycles. The lowest BCUT2D eigenvalue weighted by Gasteiger charge is -2.07. The lowest BCUT2D eigenvalue weighted by molar-refractivity contribution is -0.660. The minimum atomic E-state index is -3.13. The van der Waals surface area contributed by atoms with Crippen LogP contribution in [0.1, 0.15) is 113 Å². The first-order chi connectivity index (χ1) is 51.4. The van der Waals surface area contributed by atoms with E-state index in [1.165, 1.54) is 35.3 Å². The number of hydrogen-bond acceptors (Lipinski definition) is 8. The Balaban J connectivity index is 0.000000170. The van der Waals surface area contributed by atoms with Crippen LogP contribution in [0, 0.1) is 40.4 Å². The summed E-state index contributed by atoms with van der Waals surface area (Å²) >= 11 is 0. The van der Waals surface area contributed by atoms with Gasteiger partial charge in [0.25, 0.3) is 0 Å². The SMILES string of the molecule is [2H]C([2H])([2H])C([2H])(Cc1nccc(-c2ccc(-c3ccccc3C)[n+](C)c2)n1)C([2H])([2H])[2H].[2H]C([2H])([2H])C([2H])(c1nccc(-c2ccc(-c3ccccc3C)[n+](C)c2)n1)C([2H])([2H])[2H].[2H]C([2H])([2H])Cc1nccc(-c2ccc(-c3ccccc3C)[n+](C)c2)n1.[2H]C([2H])([2H])c1nccc(-c2ccc(-c3ccccc3C)[n+](C)c2)n1. The molecule has 0 amide bonds.